The van der Waals surface area contributed by atoms with Gasteiger partial charge in [0.15, 0.2) is 6.17 Å². The number of carbonyl (C=O) groups is 1. The van der Waals surface area contributed by atoms with E-state index in [1.807, 2.05) is 35.4 Å². The molecule has 7 heteroatoms. The molecule has 0 spiro atoms. The van der Waals surface area contributed by atoms with Gasteiger partial charge in [0, 0.05) is 25.0 Å². The largest absolute Gasteiger partial charge is 0.508 e. The van der Waals surface area contributed by atoms with E-state index in [1.54, 1.807) is 18.2 Å². The highest BCUT2D eigenvalue weighted by Gasteiger charge is 2.40. The van der Waals surface area contributed by atoms with Crippen molar-refractivity contribution in [1.82, 2.24) is 15.5 Å². The van der Waals surface area contributed by atoms with Crippen LogP contribution in [0, 0.1) is 0 Å². The molecule has 4 rings (SSSR count). The van der Waals surface area contributed by atoms with Gasteiger partial charge in [-0.3, -0.25) is 4.79 Å². The molecule has 0 radical (unpaired) electrons. The summed E-state index contributed by atoms with van der Waals surface area (Å²) in [7, 11) is 0. The Bertz CT molecular complexity index is 824. The minimum absolute atomic E-state index is 0.121. The fourth-order valence-electron chi connectivity index (χ4n) is 3.67. The zero-order chi connectivity index (χ0) is 18.9. The van der Waals surface area contributed by atoms with E-state index >= 15 is 0 Å². The lowest BCUT2D eigenvalue weighted by Gasteiger charge is -2.38. The third-order valence-electron chi connectivity index (χ3n) is 5.23. The minimum Gasteiger partial charge on any atom is -0.508 e. The van der Waals surface area contributed by atoms with Crippen LogP contribution in [0.5, 0.6) is 5.75 Å². The molecule has 142 valence electrons. The number of allylic oxidation sites excluding steroid dienone is 3. The van der Waals surface area contributed by atoms with Crippen molar-refractivity contribution in [2.24, 2.45) is 0 Å². The van der Waals surface area contributed by atoms with E-state index < -0.39 is 11.7 Å². The van der Waals surface area contributed by atoms with Crippen molar-refractivity contribution in [3.05, 3.63) is 60.0 Å². The lowest BCUT2D eigenvalue weighted by molar-refractivity contribution is -0.129. The number of nitrogens with zero attached hydrogens (tertiary/aromatic N) is 1. The zero-order valence-electron chi connectivity index (χ0n) is 14.9. The molecule has 3 heterocycles. The van der Waals surface area contributed by atoms with Gasteiger partial charge >= 0.3 is 0 Å². The van der Waals surface area contributed by atoms with E-state index in [2.05, 4.69) is 10.6 Å². The predicted molar refractivity (Wildman–Crippen MR) is 100 cm³/mol. The van der Waals surface area contributed by atoms with Gasteiger partial charge in [0.2, 0.25) is 0 Å². The molecule has 7 nitrogen and oxygen atoms in total. The Hall–Kier alpha value is -2.77. The number of fused-ring (bicyclic) bond motifs is 1. The topological polar surface area (TPSA) is 94.1 Å². The van der Waals surface area contributed by atoms with Crippen molar-refractivity contribution < 1.29 is 19.7 Å². The second kappa shape index (κ2) is 7.09. The van der Waals surface area contributed by atoms with Crippen LogP contribution in [0.15, 0.2) is 54.4 Å². The Kier molecular flexibility index (Phi) is 4.63. The van der Waals surface area contributed by atoms with Gasteiger partial charge in [-0.25, -0.2) is 0 Å². The van der Waals surface area contributed by atoms with E-state index in [0.29, 0.717) is 26.1 Å². The summed E-state index contributed by atoms with van der Waals surface area (Å²) in [5.41, 5.74) is 1.78. The van der Waals surface area contributed by atoms with E-state index in [9.17, 15) is 15.0 Å². The van der Waals surface area contributed by atoms with Crippen LogP contribution in [0.2, 0.25) is 0 Å². The van der Waals surface area contributed by atoms with Crippen LogP contribution in [0.4, 0.5) is 0 Å². The number of aliphatic hydroxyl groups excluding tert-OH is 1. The molecule has 3 aliphatic heterocycles. The average Bonchev–Trinajstić information content (AvgIpc) is 3.09. The van der Waals surface area contributed by atoms with Gasteiger partial charge in [-0.1, -0.05) is 18.2 Å². The van der Waals surface area contributed by atoms with Gasteiger partial charge in [-0.15, -0.1) is 0 Å². The second-order valence-corrected chi connectivity index (χ2v) is 7.01. The number of amides is 1. The van der Waals surface area contributed by atoms with Crippen LogP contribution < -0.4 is 10.6 Å². The number of ether oxygens (including phenoxy) is 1. The van der Waals surface area contributed by atoms with Crippen molar-refractivity contribution in [2.75, 3.05) is 19.8 Å². The summed E-state index contributed by atoms with van der Waals surface area (Å²) in [5.74, 6) is -0.0443. The molecule has 1 aromatic carbocycles. The highest BCUT2D eigenvalue weighted by Crippen LogP contribution is 2.32. The van der Waals surface area contributed by atoms with Crippen molar-refractivity contribution in [3.8, 4) is 5.75 Å². The van der Waals surface area contributed by atoms with Gasteiger partial charge in [-0.05, 0) is 37.1 Å². The Balaban J connectivity index is 1.59. The Labute approximate surface area is 157 Å². The van der Waals surface area contributed by atoms with E-state index in [1.165, 1.54) is 0 Å². The number of rotatable bonds is 4. The monoisotopic (exact) mass is 369 g/mol. The molecule has 0 bridgehead atoms. The van der Waals surface area contributed by atoms with Crippen LogP contribution in [0.1, 0.15) is 18.4 Å². The number of phenols is 1. The van der Waals surface area contributed by atoms with Crippen molar-refractivity contribution in [1.29, 1.82) is 0 Å². The number of nitrogens with one attached hydrogen (secondary N) is 2. The van der Waals surface area contributed by atoms with Crippen LogP contribution >= 0.6 is 0 Å². The van der Waals surface area contributed by atoms with Gasteiger partial charge in [-0.2, -0.15) is 0 Å². The van der Waals surface area contributed by atoms with Crippen LogP contribution in [0.25, 0.3) is 5.70 Å². The first-order valence-electron chi connectivity index (χ1n) is 9.06. The predicted octanol–water partition coefficient (Wildman–Crippen LogP) is 1.03. The van der Waals surface area contributed by atoms with E-state index in [4.69, 9.17) is 4.74 Å². The Morgan fingerprint density at radius 2 is 2.15 bits per heavy atom. The molecule has 0 aliphatic carbocycles. The van der Waals surface area contributed by atoms with E-state index in [-0.39, 0.29) is 18.3 Å². The van der Waals surface area contributed by atoms with Gasteiger partial charge in [0.05, 0.1) is 23.5 Å². The van der Waals surface area contributed by atoms with Crippen LogP contribution in [-0.4, -0.2) is 52.5 Å². The molecule has 1 amide bonds. The molecular weight excluding hydrogens is 346 g/mol. The number of phenolic OH excluding ortho intramolecular Hbond substituents is 1. The molecular formula is C20H23N3O4. The molecule has 1 saturated heterocycles. The maximum Gasteiger partial charge on any atom is 0.264 e. The Morgan fingerprint density at radius 1 is 1.33 bits per heavy atom. The summed E-state index contributed by atoms with van der Waals surface area (Å²) in [6, 6.07) is 6.92. The first-order chi connectivity index (χ1) is 13.1. The number of carbonyl (C=O) groups excluding carboxylic acids is 1. The molecule has 4 N–H and O–H groups in total. The third-order valence-corrected chi connectivity index (χ3v) is 5.23. The van der Waals surface area contributed by atoms with E-state index in [0.717, 1.165) is 17.0 Å². The fraction of sp³-hybridized carbons (Fsp3) is 0.350. The summed E-state index contributed by atoms with van der Waals surface area (Å²) in [6.07, 6.45) is 8.07. The van der Waals surface area contributed by atoms with Gasteiger partial charge in [0.25, 0.3) is 5.91 Å². The SMILES string of the molecule is O=C(NC1(CO)CCOCC1)C1NC(c2cccc(O)c2)=C2C=CC=CN21. The molecule has 1 aromatic rings. The van der Waals surface area contributed by atoms with Gasteiger partial charge in [0.1, 0.15) is 5.75 Å². The summed E-state index contributed by atoms with van der Waals surface area (Å²) in [6.45, 7) is 0.914. The molecule has 1 atom stereocenters. The Morgan fingerprint density at radius 3 is 2.89 bits per heavy atom. The highest BCUT2D eigenvalue weighted by atomic mass is 16.5. The number of hydrogen-bond acceptors (Lipinski definition) is 6. The maximum absolute atomic E-state index is 13.1. The highest BCUT2D eigenvalue weighted by molar-refractivity contribution is 5.88. The fourth-order valence-corrected chi connectivity index (χ4v) is 3.67. The smallest absolute Gasteiger partial charge is 0.264 e. The first kappa shape index (κ1) is 17.6. The minimum atomic E-state index is -0.652. The molecule has 0 saturated carbocycles. The molecule has 0 aromatic heterocycles. The summed E-state index contributed by atoms with van der Waals surface area (Å²) >= 11 is 0. The quantitative estimate of drug-likeness (QED) is 0.634. The van der Waals surface area contributed by atoms with Crippen molar-refractivity contribution >= 4 is 11.6 Å². The van der Waals surface area contributed by atoms with Gasteiger partial charge < -0.3 is 30.5 Å². The third kappa shape index (κ3) is 3.31. The molecule has 1 unspecified atom stereocenters. The number of benzene rings is 1. The molecule has 3 aliphatic rings. The number of aliphatic hydroxyl groups is 1. The van der Waals surface area contributed by atoms with Crippen molar-refractivity contribution in [2.45, 2.75) is 24.5 Å². The van der Waals surface area contributed by atoms with Crippen molar-refractivity contribution in [3.63, 3.8) is 0 Å². The van der Waals surface area contributed by atoms with Crippen LogP contribution in [-0.2, 0) is 9.53 Å². The lowest BCUT2D eigenvalue weighted by atomic mass is 9.91. The zero-order valence-corrected chi connectivity index (χ0v) is 14.9. The standard InChI is InChI=1S/C20H23N3O4/c24-13-20(7-10-27-11-8-20)22-19(26)18-21-17(14-4-3-5-15(25)12-14)16-6-1-2-9-23(16)18/h1-6,9,12,18,21,24-25H,7-8,10-11,13H2,(H,22,26). The summed E-state index contributed by atoms with van der Waals surface area (Å²) in [4.78, 5) is 14.9. The second-order valence-electron chi connectivity index (χ2n) is 7.01. The summed E-state index contributed by atoms with van der Waals surface area (Å²) in [5, 5.41) is 26.0. The first-order valence-corrected chi connectivity index (χ1v) is 9.06. The molecule has 1 fully saturated rings. The summed E-state index contributed by atoms with van der Waals surface area (Å²) < 4.78 is 5.36. The maximum atomic E-state index is 13.1. The number of aromatic hydroxyl groups is 1. The normalized spacial score (nSPS) is 23.1. The van der Waals surface area contributed by atoms with Crippen LogP contribution in [0.3, 0.4) is 0 Å². The number of hydrogen-bond donors (Lipinski definition) is 4. The average molecular weight is 369 g/mol. The lowest BCUT2D eigenvalue weighted by Crippen LogP contribution is -2.60. The molecule has 27 heavy (non-hydrogen) atoms.